The summed E-state index contributed by atoms with van der Waals surface area (Å²) < 4.78 is 22.6. The van der Waals surface area contributed by atoms with Crippen LogP contribution in [0.1, 0.15) is 5.69 Å². The Kier molecular flexibility index (Phi) is 4.94. The van der Waals surface area contributed by atoms with Gasteiger partial charge >= 0.3 is 0 Å². The Labute approximate surface area is 137 Å². The van der Waals surface area contributed by atoms with Crippen molar-refractivity contribution in [3.63, 3.8) is 0 Å². The van der Waals surface area contributed by atoms with Crippen LogP contribution in [-0.2, 0) is 16.6 Å². The Morgan fingerprint density at radius 3 is 2.70 bits per heavy atom. The van der Waals surface area contributed by atoms with E-state index in [0.29, 0.717) is 11.7 Å². The van der Waals surface area contributed by atoms with Gasteiger partial charge in [0.25, 0.3) is 5.69 Å². The number of nitrogens with zero attached hydrogens (tertiary/aromatic N) is 3. The lowest BCUT2D eigenvalue weighted by molar-refractivity contribution is -0.384. The number of nitro groups is 1. The molecule has 23 heavy (non-hydrogen) atoms. The number of aromatic nitrogens is 1. The van der Waals surface area contributed by atoms with Crippen molar-refractivity contribution in [1.29, 1.82) is 0 Å². The molecule has 0 aliphatic carbocycles. The van der Waals surface area contributed by atoms with Crippen molar-refractivity contribution in [2.75, 3.05) is 19.4 Å². The first-order chi connectivity index (χ1) is 10.7. The van der Waals surface area contributed by atoms with Gasteiger partial charge in [-0.2, -0.15) is 0 Å². The van der Waals surface area contributed by atoms with Crippen LogP contribution in [0.4, 0.5) is 16.5 Å². The molecule has 124 valence electrons. The maximum absolute atomic E-state index is 11.3. The van der Waals surface area contributed by atoms with Crippen molar-refractivity contribution in [1.82, 2.24) is 9.88 Å². The Morgan fingerprint density at radius 1 is 1.43 bits per heavy atom. The molecule has 0 radical (unpaired) electrons. The standard InChI is InChI=1S/C12H15N5O4S2/c1-16(2)6-8-7-22-12(14-8)15-10-4-3-9(23(13,20)21)5-11(10)17(18)19/h3-5,7H,6H2,1-2H3,(H,14,15)(H2,13,20,21). The number of hydrogen-bond acceptors (Lipinski definition) is 8. The van der Waals surface area contributed by atoms with Gasteiger partial charge in [-0.05, 0) is 26.2 Å². The van der Waals surface area contributed by atoms with Crippen LogP contribution >= 0.6 is 11.3 Å². The molecule has 2 aromatic rings. The highest BCUT2D eigenvalue weighted by Gasteiger charge is 2.19. The predicted molar refractivity (Wildman–Crippen MR) is 87.3 cm³/mol. The molecular weight excluding hydrogens is 342 g/mol. The summed E-state index contributed by atoms with van der Waals surface area (Å²) in [6, 6.07) is 3.43. The third-order valence-corrected chi connectivity index (χ3v) is 4.48. The summed E-state index contributed by atoms with van der Waals surface area (Å²) >= 11 is 1.30. The van der Waals surface area contributed by atoms with Gasteiger partial charge in [-0.3, -0.25) is 10.1 Å². The number of hydrogen-bond donors (Lipinski definition) is 2. The minimum Gasteiger partial charge on any atom is -0.326 e. The Bertz CT molecular complexity index is 832. The molecule has 0 amide bonds. The normalized spacial score (nSPS) is 11.7. The van der Waals surface area contributed by atoms with Gasteiger partial charge in [0, 0.05) is 18.0 Å². The van der Waals surface area contributed by atoms with Crippen LogP contribution in [0.25, 0.3) is 0 Å². The SMILES string of the molecule is CN(C)Cc1csc(Nc2ccc(S(N)(=O)=O)cc2[N+](=O)[O-])n1. The number of nitro benzene ring substituents is 1. The van der Waals surface area contributed by atoms with E-state index in [4.69, 9.17) is 5.14 Å². The third kappa shape index (κ3) is 4.45. The summed E-state index contributed by atoms with van der Waals surface area (Å²) in [6.45, 7) is 0.643. The number of nitrogens with two attached hydrogens (primary N) is 1. The zero-order chi connectivity index (χ0) is 17.2. The van der Waals surface area contributed by atoms with Crippen molar-refractivity contribution in [3.8, 4) is 0 Å². The fraction of sp³-hybridized carbons (Fsp3) is 0.250. The topological polar surface area (TPSA) is 131 Å². The van der Waals surface area contributed by atoms with E-state index in [1.165, 1.54) is 23.5 Å². The number of thiazole rings is 1. The number of benzene rings is 1. The lowest BCUT2D eigenvalue weighted by Crippen LogP contribution is -2.12. The molecule has 1 aromatic heterocycles. The maximum Gasteiger partial charge on any atom is 0.294 e. The van der Waals surface area contributed by atoms with Crippen LogP contribution in [0.15, 0.2) is 28.5 Å². The average molecular weight is 357 g/mol. The van der Waals surface area contributed by atoms with E-state index >= 15 is 0 Å². The Morgan fingerprint density at radius 2 is 2.13 bits per heavy atom. The number of sulfonamides is 1. The first-order valence-electron chi connectivity index (χ1n) is 6.34. The smallest absolute Gasteiger partial charge is 0.294 e. The molecule has 11 heteroatoms. The van der Waals surface area contributed by atoms with Crippen molar-refractivity contribution in [2.24, 2.45) is 5.14 Å². The van der Waals surface area contributed by atoms with Gasteiger partial charge in [0.1, 0.15) is 5.69 Å². The van der Waals surface area contributed by atoms with Crippen LogP contribution in [-0.4, -0.2) is 37.3 Å². The molecule has 1 heterocycles. The van der Waals surface area contributed by atoms with Gasteiger partial charge in [0.2, 0.25) is 10.0 Å². The van der Waals surface area contributed by atoms with Gasteiger partial charge in [0.05, 0.1) is 15.5 Å². The first kappa shape index (κ1) is 17.3. The van der Waals surface area contributed by atoms with Crippen LogP contribution in [0, 0.1) is 10.1 Å². The molecule has 0 spiro atoms. The van der Waals surface area contributed by atoms with Gasteiger partial charge in [0.15, 0.2) is 5.13 Å². The fourth-order valence-corrected chi connectivity index (χ4v) is 3.07. The molecule has 2 rings (SSSR count). The van der Waals surface area contributed by atoms with E-state index in [2.05, 4.69) is 10.3 Å². The molecule has 9 nitrogen and oxygen atoms in total. The van der Waals surface area contributed by atoms with E-state index in [0.717, 1.165) is 11.8 Å². The van der Waals surface area contributed by atoms with E-state index in [1.807, 2.05) is 24.4 Å². The highest BCUT2D eigenvalue weighted by atomic mass is 32.2. The molecule has 0 fully saturated rings. The average Bonchev–Trinajstić information content (AvgIpc) is 2.84. The largest absolute Gasteiger partial charge is 0.326 e. The summed E-state index contributed by atoms with van der Waals surface area (Å²) in [5.74, 6) is 0. The Hall–Kier alpha value is -2.08. The van der Waals surface area contributed by atoms with E-state index < -0.39 is 14.9 Å². The lowest BCUT2D eigenvalue weighted by Gasteiger charge is -2.07. The number of primary sulfonamides is 1. The van der Waals surface area contributed by atoms with Gasteiger partial charge in [-0.15, -0.1) is 11.3 Å². The van der Waals surface area contributed by atoms with E-state index in [9.17, 15) is 18.5 Å². The second-order valence-corrected chi connectivity index (χ2v) is 7.41. The van der Waals surface area contributed by atoms with Crippen molar-refractivity contribution in [2.45, 2.75) is 11.4 Å². The quantitative estimate of drug-likeness (QED) is 0.591. The van der Waals surface area contributed by atoms with E-state index in [-0.39, 0.29) is 16.3 Å². The minimum absolute atomic E-state index is 0.146. The van der Waals surface area contributed by atoms with Crippen LogP contribution < -0.4 is 10.5 Å². The summed E-state index contributed by atoms with van der Waals surface area (Å²) in [5, 5.41) is 21.3. The summed E-state index contributed by atoms with van der Waals surface area (Å²) in [4.78, 5) is 16.4. The molecule has 0 aliphatic heterocycles. The molecule has 0 saturated heterocycles. The van der Waals surface area contributed by atoms with Crippen LogP contribution in [0.5, 0.6) is 0 Å². The number of nitrogens with one attached hydrogen (secondary N) is 1. The molecule has 0 unspecified atom stereocenters. The first-order valence-corrected chi connectivity index (χ1v) is 8.77. The van der Waals surface area contributed by atoms with Crippen molar-refractivity contribution < 1.29 is 13.3 Å². The van der Waals surface area contributed by atoms with Gasteiger partial charge in [-0.25, -0.2) is 18.5 Å². The lowest BCUT2D eigenvalue weighted by atomic mass is 10.2. The second kappa shape index (κ2) is 6.58. The van der Waals surface area contributed by atoms with E-state index in [1.54, 1.807) is 0 Å². The van der Waals surface area contributed by atoms with Crippen LogP contribution in [0.2, 0.25) is 0 Å². The molecule has 3 N–H and O–H groups in total. The zero-order valence-electron chi connectivity index (χ0n) is 12.4. The highest BCUT2D eigenvalue weighted by Crippen LogP contribution is 2.31. The highest BCUT2D eigenvalue weighted by molar-refractivity contribution is 7.89. The maximum atomic E-state index is 11.3. The molecule has 0 atom stereocenters. The Balaban J connectivity index is 2.32. The molecular formula is C12H15N5O4S2. The van der Waals surface area contributed by atoms with Crippen molar-refractivity contribution >= 4 is 37.9 Å². The molecule has 0 aliphatic rings. The van der Waals surface area contributed by atoms with Crippen LogP contribution in [0.3, 0.4) is 0 Å². The van der Waals surface area contributed by atoms with Gasteiger partial charge < -0.3 is 10.2 Å². The summed E-state index contributed by atoms with van der Waals surface area (Å²) in [6.07, 6.45) is 0. The van der Waals surface area contributed by atoms with Gasteiger partial charge in [-0.1, -0.05) is 0 Å². The monoisotopic (exact) mass is 357 g/mol. The zero-order valence-corrected chi connectivity index (χ0v) is 14.0. The number of rotatable bonds is 6. The van der Waals surface area contributed by atoms with Crippen molar-refractivity contribution in [3.05, 3.63) is 39.4 Å². The fourth-order valence-electron chi connectivity index (χ4n) is 1.82. The minimum atomic E-state index is -4.01. The summed E-state index contributed by atoms with van der Waals surface area (Å²) in [5.41, 5.74) is 0.584. The third-order valence-electron chi connectivity index (χ3n) is 2.77. The number of anilines is 2. The molecule has 0 bridgehead atoms. The predicted octanol–water partition coefficient (Wildman–Crippen LogP) is 1.50. The summed E-state index contributed by atoms with van der Waals surface area (Å²) in [7, 11) is -0.197. The second-order valence-electron chi connectivity index (χ2n) is 4.99. The molecule has 0 saturated carbocycles. The molecule has 1 aromatic carbocycles.